The largest absolute Gasteiger partial charge is 0.375 e. The standard InChI is InChI=1S/C12H16FNO2S.CH5N/c1-16-12(11(14)8-13)9-2-4-10(5-3-9)17-7-6-15;1-2/h2-6,11-12H,7-8,14H2,1H3;2H2,1H3. The monoisotopic (exact) mass is 288 g/mol. The van der Waals surface area contributed by atoms with E-state index in [1.807, 2.05) is 24.3 Å². The summed E-state index contributed by atoms with van der Waals surface area (Å²) in [7, 11) is 3.01. The van der Waals surface area contributed by atoms with Crippen molar-refractivity contribution in [1.29, 1.82) is 0 Å². The average molecular weight is 288 g/mol. The van der Waals surface area contributed by atoms with Crippen LogP contribution in [0.3, 0.4) is 0 Å². The first-order valence-electron chi connectivity index (χ1n) is 5.81. The highest BCUT2D eigenvalue weighted by atomic mass is 32.2. The van der Waals surface area contributed by atoms with Gasteiger partial charge < -0.3 is 21.0 Å². The molecule has 0 saturated carbocycles. The van der Waals surface area contributed by atoms with Gasteiger partial charge in [0, 0.05) is 12.0 Å². The van der Waals surface area contributed by atoms with Crippen LogP contribution >= 0.6 is 11.8 Å². The van der Waals surface area contributed by atoms with E-state index in [1.54, 1.807) is 0 Å². The first kappa shape index (κ1) is 18.0. The molecular formula is C13H21FN2O2S. The summed E-state index contributed by atoms with van der Waals surface area (Å²) in [4.78, 5) is 11.2. The second kappa shape index (κ2) is 10.9. The van der Waals surface area contributed by atoms with Crippen molar-refractivity contribution in [3.63, 3.8) is 0 Å². The lowest BCUT2D eigenvalue weighted by molar-refractivity contribution is -0.105. The zero-order valence-electron chi connectivity index (χ0n) is 11.2. The van der Waals surface area contributed by atoms with Gasteiger partial charge in [-0.1, -0.05) is 12.1 Å². The number of nitrogens with two attached hydrogens (primary N) is 2. The van der Waals surface area contributed by atoms with Gasteiger partial charge in [-0.3, -0.25) is 0 Å². The predicted octanol–water partition coefficient (Wildman–Crippen LogP) is 1.54. The van der Waals surface area contributed by atoms with Crippen molar-refractivity contribution in [3.8, 4) is 0 Å². The van der Waals surface area contributed by atoms with E-state index in [-0.39, 0.29) is 0 Å². The summed E-state index contributed by atoms with van der Waals surface area (Å²) >= 11 is 1.45. The number of hydrogen-bond acceptors (Lipinski definition) is 5. The zero-order valence-corrected chi connectivity index (χ0v) is 12.0. The third kappa shape index (κ3) is 6.15. The fourth-order valence-corrected chi connectivity index (χ4v) is 2.11. The van der Waals surface area contributed by atoms with Crippen LogP contribution in [0.25, 0.3) is 0 Å². The highest BCUT2D eigenvalue weighted by molar-refractivity contribution is 7.99. The minimum absolute atomic E-state index is 0.428. The smallest absolute Gasteiger partial charge is 0.130 e. The fraction of sp³-hybridized carbons (Fsp3) is 0.462. The molecule has 0 amide bonds. The lowest BCUT2D eigenvalue weighted by atomic mass is 10.0. The lowest BCUT2D eigenvalue weighted by Gasteiger charge is -2.20. The number of ether oxygens (including phenoxy) is 1. The van der Waals surface area contributed by atoms with Gasteiger partial charge in [-0.15, -0.1) is 11.8 Å². The number of benzene rings is 1. The van der Waals surface area contributed by atoms with Gasteiger partial charge in [0.2, 0.25) is 0 Å². The third-order valence-electron chi connectivity index (χ3n) is 2.35. The van der Waals surface area contributed by atoms with Crippen LogP contribution in [0.5, 0.6) is 0 Å². The van der Waals surface area contributed by atoms with E-state index in [0.717, 1.165) is 16.7 Å². The second-order valence-electron chi connectivity index (χ2n) is 3.52. The van der Waals surface area contributed by atoms with E-state index in [1.165, 1.54) is 25.9 Å². The number of halogens is 1. The van der Waals surface area contributed by atoms with Crippen LogP contribution in [-0.2, 0) is 9.53 Å². The van der Waals surface area contributed by atoms with Crippen LogP contribution in [0.15, 0.2) is 29.2 Å². The molecule has 0 heterocycles. The molecule has 4 N–H and O–H groups in total. The maximum atomic E-state index is 12.5. The molecule has 1 rings (SSSR count). The van der Waals surface area contributed by atoms with E-state index in [9.17, 15) is 9.18 Å². The highest BCUT2D eigenvalue weighted by Gasteiger charge is 2.18. The summed E-state index contributed by atoms with van der Waals surface area (Å²) in [6, 6.07) is 6.78. The van der Waals surface area contributed by atoms with Gasteiger partial charge in [-0.2, -0.15) is 0 Å². The quantitative estimate of drug-likeness (QED) is 0.588. The minimum atomic E-state index is -0.659. The number of rotatable bonds is 7. The van der Waals surface area contributed by atoms with E-state index in [2.05, 4.69) is 5.73 Å². The van der Waals surface area contributed by atoms with E-state index in [0.29, 0.717) is 5.75 Å². The summed E-state index contributed by atoms with van der Waals surface area (Å²) in [5.74, 6) is 0.428. The number of methoxy groups -OCH3 is 1. The molecule has 2 unspecified atom stereocenters. The Hall–Kier alpha value is -0.950. The van der Waals surface area contributed by atoms with Gasteiger partial charge >= 0.3 is 0 Å². The van der Waals surface area contributed by atoms with Crippen LogP contribution in [0.4, 0.5) is 4.39 Å². The molecule has 108 valence electrons. The van der Waals surface area contributed by atoms with Crippen molar-refractivity contribution < 1.29 is 13.9 Å². The molecule has 1 aromatic rings. The Morgan fingerprint density at radius 3 is 2.37 bits per heavy atom. The van der Waals surface area contributed by atoms with Gasteiger partial charge in [0.15, 0.2) is 0 Å². The van der Waals surface area contributed by atoms with Gasteiger partial charge in [0.25, 0.3) is 0 Å². The van der Waals surface area contributed by atoms with Crippen molar-refractivity contribution in [1.82, 2.24) is 0 Å². The molecule has 0 aliphatic carbocycles. The Bertz CT molecular complexity index is 349. The number of aldehydes is 1. The molecule has 2 atom stereocenters. The van der Waals surface area contributed by atoms with Gasteiger partial charge in [-0.25, -0.2) is 4.39 Å². The molecule has 0 spiro atoms. The maximum absolute atomic E-state index is 12.5. The van der Waals surface area contributed by atoms with Crippen LogP contribution in [0, 0.1) is 0 Å². The molecule has 0 aromatic heterocycles. The number of carbonyl (C=O) groups is 1. The summed E-state index contributed by atoms with van der Waals surface area (Å²) < 4.78 is 17.7. The molecule has 0 bridgehead atoms. The lowest BCUT2D eigenvalue weighted by Crippen LogP contribution is -2.31. The first-order chi connectivity index (χ1) is 9.22. The van der Waals surface area contributed by atoms with Crippen molar-refractivity contribution in [3.05, 3.63) is 29.8 Å². The Balaban J connectivity index is 0.00000154. The maximum Gasteiger partial charge on any atom is 0.130 e. The van der Waals surface area contributed by atoms with Crippen LogP contribution in [0.2, 0.25) is 0 Å². The summed E-state index contributed by atoms with van der Waals surface area (Å²) in [5.41, 5.74) is 11.0. The summed E-state index contributed by atoms with van der Waals surface area (Å²) in [5, 5.41) is 0. The molecule has 0 fully saturated rings. The molecule has 0 saturated heterocycles. The number of thioether (sulfide) groups is 1. The second-order valence-corrected chi connectivity index (χ2v) is 4.61. The Morgan fingerprint density at radius 1 is 1.37 bits per heavy atom. The Kier molecular flexibility index (Phi) is 10.4. The van der Waals surface area contributed by atoms with Crippen molar-refractivity contribution in [2.24, 2.45) is 11.5 Å². The molecule has 19 heavy (non-hydrogen) atoms. The molecule has 0 aliphatic rings. The molecule has 1 aromatic carbocycles. The fourth-order valence-electron chi connectivity index (χ4n) is 1.52. The Morgan fingerprint density at radius 2 is 1.95 bits per heavy atom. The Labute approximate surface area is 117 Å². The average Bonchev–Trinajstić information content (AvgIpc) is 2.49. The number of alkyl halides is 1. The molecule has 4 nitrogen and oxygen atoms in total. The van der Waals surface area contributed by atoms with Crippen LogP contribution in [-0.4, -0.2) is 38.9 Å². The SMILES string of the molecule is CN.COC(c1ccc(SCC=O)cc1)C(N)CF. The van der Waals surface area contributed by atoms with Crippen molar-refractivity contribution in [2.75, 3.05) is 26.6 Å². The molecule has 0 aliphatic heterocycles. The topological polar surface area (TPSA) is 78.3 Å². The van der Waals surface area contributed by atoms with Crippen molar-refractivity contribution >= 4 is 18.0 Å². The normalized spacial score (nSPS) is 13.1. The van der Waals surface area contributed by atoms with E-state index < -0.39 is 18.8 Å². The van der Waals surface area contributed by atoms with Gasteiger partial charge in [-0.05, 0) is 24.7 Å². The van der Waals surface area contributed by atoms with E-state index in [4.69, 9.17) is 10.5 Å². The van der Waals surface area contributed by atoms with Crippen molar-refractivity contribution in [2.45, 2.75) is 17.0 Å². The minimum Gasteiger partial charge on any atom is -0.375 e. The molecule has 0 radical (unpaired) electrons. The van der Waals surface area contributed by atoms with Crippen LogP contribution < -0.4 is 11.5 Å². The summed E-state index contributed by atoms with van der Waals surface area (Å²) in [6.07, 6.45) is 0.417. The van der Waals surface area contributed by atoms with Crippen LogP contribution in [0.1, 0.15) is 11.7 Å². The third-order valence-corrected chi connectivity index (χ3v) is 3.26. The van der Waals surface area contributed by atoms with Gasteiger partial charge in [0.1, 0.15) is 13.0 Å². The number of carbonyl (C=O) groups excluding carboxylic acids is 1. The summed E-state index contributed by atoms with van der Waals surface area (Å²) in [6.45, 7) is -0.625. The van der Waals surface area contributed by atoms with Gasteiger partial charge in [0.05, 0.1) is 17.9 Å². The molecular weight excluding hydrogens is 267 g/mol. The zero-order chi connectivity index (χ0) is 14.7. The highest BCUT2D eigenvalue weighted by Crippen LogP contribution is 2.24. The molecule has 6 heteroatoms. The predicted molar refractivity (Wildman–Crippen MR) is 77.0 cm³/mol. The first-order valence-corrected chi connectivity index (χ1v) is 6.80. The van der Waals surface area contributed by atoms with E-state index >= 15 is 0 Å². The number of hydrogen-bond donors (Lipinski definition) is 2.